The highest BCUT2D eigenvalue weighted by atomic mass is 32.2. The van der Waals surface area contributed by atoms with Crippen molar-refractivity contribution < 1.29 is 22.0 Å². The van der Waals surface area contributed by atoms with E-state index in [9.17, 15) is 22.0 Å². The van der Waals surface area contributed by atoms with Gasteiger partial charge in [0.2, 0.25) is 0 Å². The van der Waals surface area contributed by atoms with E-state index in [4.69, 9.17) is 0 Å². The van der Waals surface area contributed by atoms with E-state index in [1.165, 1.54) is 24.3 Å². The number of carbonyl (C=O) groups is 1. The summed E-state index contributed by atoms with van der Waals surface area (Å²) in [5.41, 5.74) is 0.0777. The fourth-order valence-electron chi connectivity index (χ4n) is 3.24. The molecule has 7 heteroatoms. The van der Waals surface area contributed by atoms with Crippen molar-refractivity contribution >= 4 is 21.4 Å². The third kappa shape index (κ3) is 4.46. The molecule has 1 amide bonds. The molecule has 2 aromatic carbocycles. The van der Waals surface area contributed by atoms with Gasteiger partial charge in [0, 0.05) is 17.3 Å². The molecule has 2 aromatic rings. The van der Waals surface area contributed by atoms with Gasteiger partial charge in [-0.3, -0.25) is 4.79 Å². The van der Waals surface area contributed by atoms with Gasteiger partial charge in [0.15, 0.2) is 9.84 Å². The summed E-state index contributed by atoms with van der Waals surface area (Å²) < 4.78 is 51.6. The lowest BCUT2D eigenvalue weighted by Crippen LogP contribution is -2.16. The maximum Gasteiger partial charge on any atom is 0.255 e. The maximum absolute atomic E-state index is 13.2. The fourth-order valence-corrected chi connectivity index (χ4v) is 4.98. The van der Waals surface area contributed by atoms with Crippen LogP contribution in [0.25, 0.3) is 0 Å². The summed E-state index contributed by atoms with van der Waals surface area (Å²) in [6, 6.07) is 8.38. The third-order valence-electron chi connectivity index (χ3n) is 4.51. The van der Waals surface area contributed by atoms with Crippen molar-refractivity contribution in [1.82, 2.24) is 0 Å². The summed E-state index contributed by atoms with van der Waals surface area (Å²) in [5.74, 6) is -2.02. The summed E-state index contributed by atoms with van der Waals surface area (Å²) in [7, 11) is -3.49. The topological polar surface area (TPSA) is 63.2 Å². The minimum Gasteiger partial charge on any atom is -0.322 e. The Bertz CT molecular complexity index is 902. The van der Waals surface area contributed by atoms with Crippen LogP contribution in [0.2, 0.25) is 0 Å². The Labute approximate surface area is 151 Å². The Morgan fingerprint density at radius 1 is 1.04 bits per heavy atom. The number of anilines is 1. The maximum atomic E-state index is 13.2. The number of sulfone groups is 1. The summed E-state index contributed by atoms with van der Waals surface area (Å²) in [6.45, 7) is 0. The second-order valence-electron chi connectivity index (χ2n) is 6.57. The molecule has 0 bridgehead atoms. The first-order chi connectivity index (χ1) is 12.3. The lowest BCUT2D eigenvalue weighted by Gasteiger charge is -2.11. The molecule has 1 aliphatic carbocycles. The van der Waals surface area contributed by atoms with Gasteiger partial charge < -0.3 is 5.32 Å². The Hall–Kier alpha value is -2.28. The van der Waals surface area contributed by atoms with E-state index in [0.717, 1.165) is 37.8 Å². The molecule has 0 radical (unpaired) electrons. The summed E-state index contributed by atoms with van der Waals surface area (Å²) in [6.07, 6.45) is 3.91. The van der Waals surface area contributed by atoms with Crippen LogP contribution < -0.4 is 5.32 Å². The molecule has 1 N–H and O–H groups in total. The van der Waals surface area contributed by atoms with E-state index >= 15 is 0 Å². The van der Waals surface area contributed by atoms with Gasteiger partial charge in [0.05, 0.1) is 10.6 Å². The van der Waals surface area contributed by atoms with Crippen molar-refractivity contribution in [2.24, 2.45) is 5.92 Å². The van der Waals surface area contributed by atoms with Crippen molar-refractivity contribution in [3.05, 3.63) is 59.7 Å². The Morgan fingerprint density at radius 2 is 1.69 bits per heavy atom. The van der Waals surface area contributed by atoms with Gasteiger partial charge >= 0.3 is 0 Å². The van der Waals surface area contributed by atoms with E-state index in [2.05, 4.69) is 5.32 Å². The molecule has 0 unspecified atom stereocenters. The van der Waals surface area contributed by atoms with Crippen LogP contribution in [-0.2, 0) is 9.84 Å². The lowest BCUT2D eigenvalue weighted by molar-refractivity contribution is 0.102. The molecule has 0 aliphatic heterocycles. The predicted octanol–water partition coefficient (Wildman–Crippen LogP) is 4.18. The largest absolute Gasteiger partial charge is 0.322 e. The molecule has 0 heterocycles. The van der Waals surface area contributed by atoms with E-state index in [-0.39, 0.29) is 27.8 Å². The number of halogens is 2. The van der Waals surface area contributed by atoms with Crippen LogP contribution in [0.4, 0.5) is 14.5 Å². The molecule has 0 atom stereocenters. The minimum atomic E-state index is -3.49. The van der Waals surface area contributed by atoms with Crippen molar-refractivity contribution in [2.45, 2.75) is 30.6 Å². The number of hydrogen-bond acceptors (Lipinski definition) is 3. The van der Waals surface area contributed by atoms with Crippen molar-refractivity contribution in [3.63, 3.8) is 0 Å². The molecular formula is C19H19F2NO3S. The average Bonchev–Trinajstić information content (AvgIpc) is 3.06. The normalized spacial score (nSPS) is 15.2. The Kier molecular flexibility index (Phi) is 5.36. The molecule has 4 nitrogen and oxygen atoms in total. The highest BCUT2D eigenvalue weighted by Gasteiger charge is 2.24. The quantitative estimate of drug-likeness (QED) is 0.848. The van der Waals surface area contributed by atoms with Gasteiger partial charge in [-0.25, -0.2) is 17.2 Å². The molecule has 1 saturated carbocycles. The first-order valence-corrected chi connectivity index (χ1v) is 10.1. The number of benzene rings is 2. The molecular weight excluding hydrogens is 360 g/mol. The first kappa shape index (κ1) is 18.5. The highest BCUT2D eigenvalue weighted by Crippen LogP contribution is 2.28. The summed E-state index contributed by atoms with van der Waals surface area (Å²) in [5, 5.41) is 2.38. The zero-order valence-corrected chi connectivity index (χ0v) is 14.9. The second-order valence-corrected chi connectivity index (χ2v) is 8.61. The van der Waals surface area contributed by atoms with E-state index in [1.54, 1.807) is 0 Å². The van der Waals surface area contributed by atoms with Gasteiger partial charge in [0.1, 0.15) is 11.6 Å². The zero-order valence-electron chi connectivity index (χ0n) is 14.0. The molecule has 3 rings (SSSR count). The van der Waals surface area contributed by atoms with Crippen LogP contribution in [-0.4, -0.2) is 20.1 Å². The zero-order chi connectivity index (χ0) is 18.7. The fraction of sp³-hybridized carbons (Fsp3) is 0.316. The molecule has 0 saturated heterocycles. The molecule has 0 aromatic heterocycles. The van der Waals surface area contributed by atoms with Gasteiger partial charge in [-0.2, -0.15) is 0 Å². The van der Waals surface area contributed by atoms with Gasteiger partial charge in [-0.15, -0.1) is 0 Å². The monoisotopic (exact) mass is 379 g/mol. The van der Waals surface area contributed by atoms with Gasteiger partial charge in [0.25, 0.3) is 5.91 Å². The third-order valence-corrected chi connectivity index (χ3v) is 6.39. The Balaban J connectivity index is 1.78. The standard InChI is InChI=1S/C19H19F2NO3S/c20-15-9-16(21)11-17(10-15)22-19(23)14-6-3-7-18(8-14)26(24,25)12-13-4-1-2-5-13/h3,6-11,13H,1-2,4-5,12H2,(H,22,23). The van der Waals surface area contributed by atoms with E-state index < -0.39 is 27.4 Å². The second kappa shape index (κ2) is 7.53. The number of amides is 1. The van der Waals surface area contributed by atoms with Gasteiger partial charge in [-0.05, 0) is 49.1 Å². The van der Waals surface area contributed by atoms with Crippen LogP contribution in [0.3, 0.4) is 0 Å². The SMILES string of the molecule is O=C(Nc1cc(F)cc(F)c1)c1cccc(S(=O)(=O)CC2CCCC2)c1. The molecule has 1 fully saturated rings. The first-order valence-electron chi connectivity index (χ1n) is 8.44. The van der Waals surface area contributed by atoms with Crippen molar-refractivity contribution in [1.29, 1.82) is 0 Å². The number of carbonyl (C=O) groups excluding carboxylic acids is 1. The van der Waals surface area contributed by atoms with E-state index in [1.807, 2.05) is 0 Å². The van der Waals surface area contributed by atoms with Crippen molar-refractivity contribution in [2.75, 3.05) is 11.1 Å². The van der Waals surface area contributed by atoms with Crippen LogP contribution >= 0.6 is 0 Å². The van der Waals surface area contributed by atoms with Crippen LogP contribution in [0.5, 0.6) is 0 Å². The number of rotatable bonds is 5. The molecule has 1 aliphatic rings. The van der Waals surface area contributed by atoms with Crippen LogP contribution in [0, 0.1) is 17.6 Å². The van der Waals surface area contributed by atoms with Crippen LogP contribution in [0.15, 0.2) is 47.4 Å². The van der Waals surface area contributed by atoms with E-state index in [0.29, 0.717) is 6.07 Å². The lowest BCUT2D eigenvalue weighted by atomic mass is 10.1. The predicted molar refractivity (Wildman–Crippen MR) is 94.8 cm³/mol. The van der Waals surface area contributed by atoms with Crippen LogP contribution in [0.1, 0.15) is 36.0 Å². The summed E-state index contributed by atoms with van der Waals surface area (Å²) in [4.78, 5) is 12.4. The minimum absolute atomic E-state index is 0.0354. The Morgan fingerprint density at radius 3 is 2.35 bits per heavy atom. The smallest absolute Gasteiger partial charge is 0.255 e. The average molecular weight is 379 g/mol. The highest BCUT2D eigenvalue weighted by molar-refractivity contribution is 7.91. The molecule has 138 valence electrons. The number of nitrogens with one attached hydrogen (secondary N) is 1. The molecule has 0 spiro atoms. The number of hydrogen-bond donors (Lipinski definition) is 1. The summed E-state index contributed by atoms with van der Waals surface area (Å²) >= 11 is 0. The van der Waals surface area contributed by atoms with Crippen molar-refractivity contribution in [3.8, 4) is 0 Å². The molecule has 26 heavy (non-hydrogen) atoms. The van der Waals surface area contributed by atoms with Gasteiger partial charge in [-0.1, -0.05) is 18.9 Å².